The molecule has 0 aromatic heterocycles. The minimum absolute atomic E-state index is 0.0276. The molecule has 1 N–H and O–H groups in total. The Balaban J connectivity index is 1.92. The average molecular weight is 320 g/mol. The van der Waals surface area contributed by atoms with Gasteiger partial charge in [-0.25, -0.2) is 4.39 Å². The highest BCUT2D eigenvalue weighted by molar-refractivity contribution is 5.83. The predicted molar refractivity (Wildman–Crippen MR) is 87.1 cm³/mol. The molecule has 2 amide bonds. The van der Waals surface area contributed by atoms with Crippen molar-refractivity contribution < 1.29 is 14.0 Å². The minimum atomic E-state index is -0.358. The number of carbonyl (C=O) groups is 2. The Kier molecular flexibility index (Phi) is 6.56. The van der Waals surface area contributed by atoms with Gasteiger partial charge in [0.25, 0.3) is 0 Å². The normalized spacial score (nSPS) is 15.7. The predicted octanol–water partition coefficient (Wildman–Crippen LogP) is 3.01. The number of hydrogen-bond acceptors (Lipinski definition) is 2. The van der Waals surface area contributed by atoms with Gasteiger partial charge in [-0.1, -0.05) is 43.9 Å². The molecule has 0 heterocycles. The molecule has 0 saturated heterocycles. The largest absolute Gasteiger partial charge is 0.352 e. The third kappa shape index (κ3) is 5.66. The van der Waals surface area contributed by atoms with Gasteiger partial charge in [-0.3, -0.25) is 9.59 Å². The Morgan fingerprint density at radius 1 is 1.17 bits per heavy atom. The van der Waals surface area contributed by atoms with E-state index < -0.39 is 0 Å². The van der Waals surface area contributed by atoms with Gasteiger partial charge in [-0.15, -0.1) is 0 Å². The van der Waals surface area contributed by atoms with E-state index in [-0.39, 0.29) is 36.8 Å². The van der Waals surface area contributed by atoms with Crippen LogP contribution in [0.2, 0.25) is 0 Å². The lowest BCUT2D eigenvalue weighted by atomic mass is 10.1. The molecule has 1 aliphatic rings. The molecule has 1 fully saturated rings. The van der Waals surface area contributed by atoms with Gasteiger partial charge in [-0.2, -0.15) is 0 Å². The smallest absolute Gasteiger partial charge is 0.239 e. The molecule has 2 rings (SSSR count). The van der Waals surface area contributed by atoms with Crippen molar-refractivity contribution in [2.24, 2.45) is 0 Å². The molecule has 1 aliphatic carbocycles. The molecule has 0 atom stereocenters. The van der Waals surface area contributed by atoms with Gasteiger partial charge < -0.3 is 10.2 Å². The van der Waals surface area contributed by atoms with Crippen molar-refractivity contribution in [2.45, 2.75) is 58.0 Å². The number of benzene rings is 1. The summed E-state index contributed by atoms with van der Waals surface area (Å²) < 4.78 is 13.7. The van der Waals surface area contributed by atoms with Crippen LogP contribution in [0.25, 0.3) is 0 Å². The van der Waals surface area contributed by atoms with E-state index in [1.165, 1.54) is 30.7 Å². The number of amides is 2. The zero-order valence-electron chi connectivity index (χ0n) is 13.7. The summed E-state index contributed by atoms with van der Waals surface area (Å²) in [6.45, 7) is 1.49. The van der Waals surface area contributed by atoms with E-state index in [9.17, 15) is 14.0 Å². The molecule has 0 radical (unpaired) electrons. The summed E-state index contributed by atoms with van der Waals surface area (Å²) in [5.41, 5.74) is 0.421. The monoisotopic (exact) mass is 320 g/mol. The summed E-state index contributed by atoms with van der Waals surface area (Å²) in [4.78, 5) is 25.4. The Hall–Kier alpha value is -1.91. The molecule has 1 aromatic rings. The van der Waals surface area contributed by atoms with E-state index in [0.717, 1.165) is 25.7 Å². The Morgan fingerprint density at radius 3 is 2.43 bits per heavy atom. The Bertz CT molecular complexity index is 540. The molecule has 4 nitrogen and oxygen atoms in total. The zero-order chi connectivity index (χ0) is 16.7. The van der Waals surface area contributed by atoms with Crippen molar-refractivity contribution >= 4 is 11.8 Å². The first-order valence-electron chi connectivity index (χ1n) is 8.34. The van der Waals surface area contributed by atoms with Crippen LogP contribution in [-0.4, -0.2) is 29.3 Å². The lowest BCUT2D eigenvalue weighted by Crippen LogP contribution is -2.43. The third-order valence-electron chi connectivity index (χ3n) is 4.32. The van der Waals surface area contributed by atoms with Crippen molar-refractivity contribution in [3.8, 4) is 0 Å². The van der Waals surface area contributed by atoms with Crippen LogP contribution in [-0.2, 0) is 16.1 Å². The number of carbonyl (C=O) groups excluding carboxylic acids is 2. The second-order valence-electron chi connectivity index (χ2n) is 6.22. The van der Waals surface area contributed by atoms with Gasteiger partial charge in [-0.05, 0) is 18.9 Å². The maximum Gasteiger partial charge on any atom is 0.239 e. The van der Waals surface area contributed by atoms with Crippen LogP contribution < -0.4 is 5.32 Å². The van der Waals surface area contributed by atoms with Crippen LogP contribution in [0.1, 0.15) is 51.0 Å². The SMILES string of the molecule is CC(=O)N(CC(=O)NC1CCCCCC1)Cc1ccccc1F. The molecule has 1 aromatic carbocycles. The summed E-state index contributed by atoms with van der Waals surface area (Å²) >= 11 is 0. The second kappa shape index (κ2) is 8.65. The Labute approximate surface area is 137 Å². The number of rotatable bonds is 5. The van der Waals surface area contributed by atoms with Gasteiger partial charge in [0.15, 0.2) is 0 Å². The maximum absolute atomic E-state index is 13.7. The fourth-order valence-electron chi connectivity index (χ4n) is 2.98. The lowest BCUT2D eigenvalue weighted by molar-refractivity contribution is -0.135. The number of hydrogen-bond donors (Lipinski definition) is 1. The summed E-state index contributed by atoms with van der Waals surface area (Å²) in [5.74, 6) is -0.754. The average Bonchev–Trinajstić information content (AvgIpc) is 2.77. The minimum Gasteiger partial charge on any atom is -0.352 e. The van der Waals surface area contributed by atoms with Crippen LogP contribution >= 0.6 is 0 Å². The van der Waals surface area contributed by atoms with Gasteiger partial charge in [0.2, 0.25) is 11.8 Å². The topological polar surface area (TPSA) is 49.4 Å². The molecule has 5 heteroatoms. The van der Waals surface area contributed by atoms with Crippen LogP contribution in [0.5, 0.6) is 0 Å². The van der Waals surface area contributed by atoms with Crippen molar-refractivity contribution in [1.82, 2.24) is 10.2 Å². The standard InChI is InChI=1S/C18H25FN2O2/c1-14(22)21(12-15-8-6-7-11-17(15)19)13-18(23)20-16-9-4-2-3-5-10-16/h6-8,11,16H,2-5,9-10,12-13H2,1H3,(H,20,23). The van der Waals surface area contributed by atoms with Crippen molar-refractivity contribution in [3.05, 3.63) is 35.6 Å². The van der Waals surface area contributed by atoms with Crippen LogP contribution in [0.4, 0.5) is 4.39 Å². The van der Waals surface area contributed by atoms with E-state index in [4.69, 9.17) is 0 Å². The van der Waals surface area contributed by atoms with Gasteiger partial charge >= 0.3 is 0 Å². The van der Waals surface area contributed by atoms with Crippen LogP contribution in [0, 0.1) is 5.82 Å². The van der Waals surface area contributed by atoms with E-state index >= 15 is 0 Å². The molecule has 0 spiro atoms. The molecule has 1 saturated carbocycles. The third-order valence-corrected chi connectivity index (χ3v) is 4.32. The fourth-order valence-corrected chi connectivity index (χ4v) is 2.98. The van der Waals surface area contributed by atoms with Crippen molar-refractivity contribution in [1.29, 1.82) is 0 Å². The van der Waals surface area contributed by atoms with Gasteiger partial charge in [0.1, 0.15) is 5.82 Å². The molecule has 0 unspecified atom stereocenters. The van der Waals surface area contributed by atoms with E-state index in [0.29, 0.717) is 5.56 Å². The van der Waals surface area contributed by atoms with Crippen molar-refractivity contribution in [2.75, 3.05) is 6.54 Å². The molecule has 0 bridgehead atoms. The highest BCUT2D eigenvalue weighted by Crippen LogP contribution is 2.17. The first-order chi connectivity index (χ1) is 11.1. The molecular weight excluding hydrogens is 295 g/mol. The van der Waals surface area contributed by atoms with Crippen molar-refractivity contribution in [3.63, 3.8) is 0 Å². The zero-order valence-corrected chi connectivity index (χ0v) is 13.7. The summed E-state index contributed by atoms with van der Waals surface area (Å²) in [6.07, 6.45) is 6.71. The number of nitrogens with zero attached hydrogens (tertiary/aromatic N) is 1. The molecule has 126 valence electrons. The fraction of sp³-hybridized carbons (Fsp3) is 0.556. The van der Waals surface area contributed by atoms with Gasteiger partial charge in [0.05, 0.1) is 6.54 Å². The second-order valence-corrected chi connectivity index (χ2v) is 6.22. The number of nitrogens with one attached hydrogen (secondary N) is 1. The van der Waals surface area contributed by atoms with Crippen LogP contribution in [0.15, 0.2) is 24.3 Å². The summed E-state index contributed by atoms with van der Waals surface area (Å²) in [7, 11) is 0. The van der Waals surface area contributed by atoms with Crippen LogP contribution in [0.3, 0.4) is 0 Å². The first-order valence-corrected chi connectivity index (χ1v) is 8.34. The van der Waals surface area contributed by atoms with E-state index in [1.54, 1.807) is 18.2 Å². The van der Waals surface area contributed by atoms with E-state index in [2.05, 4.69) is 5.32 Å². The number of halogens is 1. The molecule has 0 aliphatic heterocycles. The lowest BCUT2D eigenvalue weighted by Gasteiger charge is -2.23. The first kappa shape index (κ1) is 17.4. The van der Waals surface area contributed by atoms with E-state index in [1.807, 2.05) is 0 Å². The summed E-state index contributed by atoms with van der Waals surface area (Å²) in [6, 6.07) is 6.53. The molecule has 23 heavy (non-hydrogen) atoms. The molecular formula is C18H25FN2O2. The quantitative estimate of drug-likeness (QED) is 0.848. The Morgan fingerprint density at radius 2 is 1.83 bits per heavy atom. The summed E-state index contributed by atoms with van der Waals surface area (Å²) in [5, 5.41) is 3.02. The van der Waals surface area contributed by atoms with Gasteiger partial charge in [0, 0.05) is 25.1 Å². The highest BCUT2D eigenvalue weighted by Gasteiger charge is 2.19. The highest BCUT2D eigenvalue weighted by atomic mass is 19.1. The maximum atomic E-state index is 13.7.